The second-order valence-electron chi connectivity index (χ2n) is 3.97. The van der Waals surface area contributed by atoms with E-state index in [-0.39, 0.29) is 5.82 Å². The van der Waals surface area contributed by atoms with Gasteiger partial charge < -0.3 is 10.1 Å². The van der Waals surface area contributed by atoms with Gasteiger partial charge in [0.2, 0.25) is 0 Å². The summed E-state index contributed by atoms with van der Waals surface area (Å²) in [4.78, 5) is 0. The van der Waals surface area contributed by atoms with E-state index in [9.17, 15) is 4.39 Å². The molecule has 0 aliphatic heterocycles. The maximum absolute atomic E-state index is 13.5. The van der Waals surface area contributed by atoms with Gasteiger partial charge in [-0.25, -0.2) is 4.39 Å². The summed E-state index contributed by atoms with van der Waals surface area (Å²) in [5, 5.41) is 11.9. The Labute approximate surface area is 111 Å². The normalized spacial score (nSPS) is 9.74. The lowest BCUT2D eigenvalue weighted by molar-refractivity contribution is 0.416. The first-order valence-corrected chi connectivity index (χ1v) is 5.80. The first kappa shape index (κ1) is 12.9. The van der Waals surface area contributed by atoms with E-state index in [0.29, 0.717) is 23.4 Å². The van der Waals surface area contributed by atoms with E-state index < -0.39 is 0 Å². The summed E-state index contributed by atoms with van der Waals surface area (Å²) < 4.78 is 18.7. The highest BCUT2D eigenvalue weighted by molar-refractivity contribution is 5.59. The predicted molar refractivity (Wildman–Crippen MR) is 71.4 cm³/mol. The van der Waals surface area contributed by atoms with E-state index in [1.165, 1.54) is 13.2 Å². The molecule has 0 aliphatic rings. The molecule has 0 spiro atoms. The summed E-state index contributed by atoms with van der Waals surface area (Å²) >= 11 is 0. The first-order valence-electron chi connectivity index (χ1n) is 5.80. The fraction of sp³-hybridized carbons (Fsp3) is 0.133. The molecule has 3 nitrogen and oxygen atoms in total. The number of benzene rings is 2. The molecule has 2 rings (SSSR count). The monoisotopic (exact) mass is 256 g/mol. The van der Waals surface area contributed by atoms with Crippen LogP contribution in [0.25, 0.3) is 0 Å². The lowest BCUT2D eigenvalue weighted by atomic mass is 10.2. The van der Waals surface area contributed by atoms with Crippen molar-refractivity contribution in [2.75, 3.05) is 12.4 Å². The van der Waals surface area contributed by atoms with Crippen molar-refractivity contribution in [3.8, 4) is 11.8 Å². The third-order valence-corrected chi connectivity index (χ3v) is 2.76. The van der Waals surface area contributed by atoms with Gasteiger partial charge in [0, 0.05) is 18.2 Å². The van der Waals surface area contributed by atoms with Gasteiger partial charge in [0.25, 0.3) is 0 Å². The summed E-state index contributed by atoms with van der Waals surface area (Å²) in [5.74, 6) is 0.318. The molecule has 0 aromatic heterocycles. The van der Waals surface area contributed by atoms with Gasteiger partial charge in [-0.2, -0.15) is 5.26 Å². The number of hydrogen-bond donors (Lipinski definition) is 1. The Hall–Kier alpha value is -2.54. The van der Waals surface area contributed by atoms with E-state index in [1.54, 1.807) is 36.4 Å². The molecule has 96 valence electrons. The number of anilines is 1. The Balaban J connectivity index is 2.16. The largest absolute Gasteiger partial charge is 0.495 e. The number of rotatable bonds is 4. The number of nitrogens with zero attached hydrogens (tertiary/aromatic N) is 1. The zero-order valence-corrected chi connectivity index (χ0v) is 10.5. The van der Waals surface area contributed by atoms with Crippen LogP contribution in [0.1, 0.15) is 11.1 Å². The van der Waals surface area contributed by atoms with Crippen LogP contribution in [0.5, 0.6) is 5.75 Å². The molecule has 0 saturated heterocycles. The Morgan fingerprint density at radius 1 is 1.26 bits per heavy atom. The summed E-state index contributed by atoms with van der Waals surface area (Å²) in [6.45, 7) is 0.356. The van der Waals surface area contributed by atoms with Gasteiger partial charge in [0.1, 0.15) is 11.6 Å². The van der Waals surface area contributed by atoms with Crippen LogP contribution in [-0.4, -0.2) is 7.11 Å². The van der Waals surface area contributed by atoms with E-state index in [0.717, 1.165) is 5.69 Å². The van der Waals surface area contributed by atoms with Gasteiger partial charge in [-0.15, -0.1) is 0 Å². The highest BCUT2D eigenvalue weighted by Gasteiger charge is 2.05. The van der Waals surface area contributed by atoms with Gasteiger partial charge >= 0.3 is 0 Å². The number of methoxy groups -OCH3 is 1. The minimum Gasteiger partial charge on any atom is -0.495 e. The molecule has 0 saturated carbocycles. The average molecular weight is 256 g/mol. The minimum atomic E-state index is -0.248. The maximum Gasteiger partial charge on any atom is 0.143 e. The molecule has 4 heteroatoms. The molecule has 1 N–H and O–H groups in total. The van der Waals surface area contributed by atoms with Crippen LogP contribution in [0.15, 0.2) is 42.5 Å². The van der Waals surface area contributed by atoms with Crippen molar-refractivity contribution in [3.63, 3.8) is 0 Å². The molecule has 0 radical (unpaired) electrons. The van der Waals surface area contributed by atoms with Gasteiger partial charge in [-0.05, 0) is 18.2 Å². The highest BCUT2D eigenvalue weighted by atomic mass is 19.1. The molecule has 0 fully saturated rings. The summed E-state index contributed by atoms with van der Waals surface area (Å²) in [7, 11) is 1.53. The van der Waals surface area contributed by atoms with E-state index in [2.05, 4.69) is 5.32 Å². The third-order valence-electron chi connectivity index (χ3n) is 2.76. The highest BCUT2D eigenvalue weighted by Crippen LogP contribution is 2.26. The molecule has 0 heterocycles. The van der Waals surface area contributed by atoms with Crippen LogP contribution in [0, 0.1) is 17.1 Å². The molecule has 0 aliphatic carbocycles. The minimum absolute atomic E-state index is 0.248. The second-order valence-corrected chi connectivity index (χ2v) is 3.97. The standard InChI is InChI=1S/C15H13FN2O/c1-19-15-8-11(9-17)6-7-14(15)18-10-12-4-2-3-5-13(12)16/h2-8,18H,10H2,1H3. The van der Waals surface area contributed by atoms with Gasteiger partial charge in [0.15, 0.2) is 0 Å². The number of halogens is 1. The van der Waals surface area contributed by atoms with Crippen molar-refractivity contribution in [1.29, 1.82) is 5.26 Å². The summed E-state index contributed by atoms with van der Waals surface area (Å²) in [5.41, 5.74) is 1.83. The van der Waals surface area contributed by atoms with Gasteiger partial charge in [-0.3, -0.25) is 0 Å². The van der Waals surface area contributed by atoms with Crippen molar-refractivity contribution < 1.29 is 9.13 Å². The molecule has 2 aromatic rings. The summed E-state index contributed by atoms with van der Waals surface area (Å²) in [6.07, 6.45) is 0. The lowest BCUT2D eigenvalue weighted by Crippen LogP contribution is -2.03. The SMILES string of the molecule is COc1cc(C#N)ccc1NCc1ccccc1F. The lowest BCUT2D eigenvalue weighted by Gasteiger charge is -2.11. The number of nitrogens with one attached hydrogen (secondary N) is 1. The van der Waals surface area contributed by atoms with Crippen LogP contribution in [-0.2, 0) is 6.54 Å². The van der Waals surface area contributed by atoms with Crippen LogP contribution < -0.4 is 10.1 Å². The van der Waals surface area contributed by atoms with Crippen molar-refractivity contribution in [2.24, 2.45) is 0 Å². The Kier molecular flexibility index (Phi) is 3.99. The van der Waals surface area contributed by atoms with E-state index in [4.69, 9.17) is 10.00 Å². The molecule has 19 heavy (non-hydrogen) atoms. The topological polar surface area (TPSA) is 45.0 Å². The average Bonchev–Trinajstić information content (AvgIpc) is 2.46. The van der Waals surface area contributed by atoms with Crippen LogP contribution in [0.2, 0.25) is 0 Å². The fourth-order valence-corrected chi connectivity index (χ4v) is 1.74. The van der Waals surface area contributed by atoms with E-state index >= 15 is 0 Å². The second kappa shape index (κ2) is 5.87. The Bertz CT molecular complexity index is 620. The zero-order valence-electron chi connectivity index (χ0n) is 10.5. The predicted octanol–water partition coefficient (Wildman–Crippen LogP) is 3.32. The molecular weight excluding hydrogens is 243 g/mol. The Morgan fingerprint density at radius 3 is 2.74 bits per heavy atom. The molecule has 2 aromatic carbocycles. The molecule has 0 amide bonds. The van der Waals surface area contributed by atoms with Gasteiger partial charge in [0.05, 0.1) is 24.4 Å². The van der Waals surface area contributed by atoms with Crippen molar-refractivity contribution in [1.82, 2.24) is 0 Å². The number of ether oxygens (including phenoxy) is 1. The van der Waals surface area contributed by atoms with Crippen LogP contribution in [0.3, 0.4) is 0 Å². The van der Waals surface area contributed by atoms with Crippen molar-refractivity contribution in [2.45, 2.75) is 6.54 Å². The number of nitriles is 1. The Morgan fingerprint density at radius 2 is 2.05 bits per heavy atom. The third kappa shape index (κ3) is 3.02. The van der Waals surface area contributed by atoms with Gasteiger partial charge in [-0.1, -0.05) is 18.2 Å². The van der Waals surface area contributed by atoms with Crippen LogP contribution in [0.4, 0.5) is 10.1 Å². The smallest absolute Gasteiger partial charge is 0.143 e. The fourth-order valence-electron chi connectivity index (χ4n) is 1.74. The number of hydrogen-bond acceptors (Lipinski definition) is 3. The maximum atomic E-state index is 13.5. The van der Waals surface area contributed by atoms with E-state index in [1.807, 2.05) is 6.07 Å². The molecule has 0 atom stereocenters. The quantitative estimate of drug-likeness (QED) is 0.912. The molecular formula is C15H13FN2O. The molecule has 0 bridgehead atoms. The molecule has 0 unspecified atom stereocenters. The van der Waals surface area contributed by atoms with Crippen molar-refractivity contribution >= 4 is 5.69 Å². The first-order chi connectivity index (χ1) is 9.24. The summed E-state index contributed by atoms with van der Waals surface area (Å²) in [6, 6.07) is 13.7. The van der Waals surface area contributed by atoms with Crippen molar-refractivity contribution in [3.05, 3.63) is 59.4 Å². The van der Waals surface area contributed by atoms with Crippen LogP contribution >= 0.6 is 0 Å². The zero-order chi connectivity index (χ0) is 13.7.